The molecule has 1 aromatic carbocycles. The molecular weight excluding hydrogens is 202 g/mol. The Labute approximate surface area is 94.6 Å². The van der Waals surface area contributed by atoms with Crippen molar-refractivity contribution in [3.05, 3.63) is 39.9 Å². The van der Waals surface area contributed by atoms with E-state index in [1.54, 1.807) is 12.1 Å². The van der Waals surface area contributed by atoms with Crippen LogP contribution in [0.15, 0.2) is 24.3 Å². The Morgan fingerprint density at radius 2 is 1.88 bits per heavy atom. The molecule has 2 fully saturated rings. The van der Waals surface area contributed by atoms with Gasteiger partial charge in [0.05, 0.1) is 4.92 Å². The normalized spacial score (nSPS) is 25.9. The third-order valence-electron chi connectivity index (χ3n) is 4.53. The van der Waals surface area contributed by atoms with Crippen LogP contribution in [0.1, 0.15) is 43.6 Å². The highest BCUT2D eigenvalue weighted by atomic mass is 16.6. The minimum atomic E-state index is -0.330. The fourth-order valence-electron chi connectivity index (χ4n) is 3.27. The van der Waals surface area contributed by atoms with Crippen LogP contribution in [0.25, 0.3) is 0 Å². The van der Waals surface area contributed by atoms with Gasteiger partial charge in [0.2, 0.25) is 0 Å². The number of hydrogen-bond acceptors (Lipinski definition) is 2. The Morgan fingerprint density at radius 1 is 1.19 bits per heavy atom. The number of benzene rings is 1. The van der Waals surface area contributed by atoms with E-state index in [1.807, 2.05) is 12.1 Å². The average Bonchev–Trinajstić information content (AvgIpc) is 2.14. The van der Waals surface area contributed by atoms with E-state index in [2.05, 4.69) is 0 Å². The van der Waals surface area contributed by atoms with Crippen LogP contribution in [0, 0.1) is 15.5 Å². The minimum Gasteiger partial charge on any atom is -0.258 e. The topological polar surface area (TPSA) is 43.1 Å². The molecule has 1 spiro atoms. The lowest BCUT2D eigenvalue weighted by Gasteiger charge is -2.56. The Morgan fingerprint density at radius 3 is 2.25 bits per heavy atom. The second kappa shape index (κ2) is 3.30. The fourth-order valence-corrected chi connectivity index (χ4v) is 3.27. The maximum Gasteiger partial charge on any atom is 0.269 e. The molecule has 0 aromatic heterocycles. The quantitative estimate of drug-likeness (QED) is 0.560. The smallest absolute Gasteiger partial charge is 0.258 e. The first-order valence-electron chi connectivity index (χ1n) is 5.96. The van der Waals surface area contributed by atoms with E-state index in [4.69, 9.17) is 0 Å². The molecule has 0 N–H and O–H groups in total. The molecule has 1 unspecified atom stereocenters. The van der Waals surface area contributed by atoms with Crippen LogP contribution in [0.3, 0.4) is 0 Å². The number of nitrogens with zero attached hydrogens (tertiary/aromatic N) is 1. The van der Waals surface area contributed by atoms with Gasteiger partial charge in [-0.05, 0) is 42.6 Å². The van der Waals surface area contributed by atoms with Crippen molar-refractivity contribution in [1.82, 2.24) is 0 Å². The predicted molar refractivity (Wildman–Crippen MR) is 61.4 cm³/mol. The van der Waals surface area contributed by atoms with Crippen molar-refractivity contribution >= 4 is 5.69 Å². The minimum absolute atomic E-state index is 0.200. The first-order chi connectivity index (χ1) is 7.71. The first-order valence-corrected chi connectivity index (χ1v) is 5.96. The van der Waals surface area contributed by atoms with Gasteiger partial charge in [-0.15, -0.1) is 0 Å². The molecule has 2 saturated carbocycles. The summed E-state index contributed by atoms with van der Waals surface area (Å²) in [5, 5.41) is 10.6. The third-order valence-corrected chi connectivity index (χ3v) is 4.53. The Bertz CT molecular complexity index is 415. The van der Waals surface area contributed by atoms with Gasteiger partial charge < -0.3 is 0 Å². The molecule has 2 aliphatic carbocycles. The number of rotatable bonds is 2. The SMILES string of the molecule is O=[N+]([O-])c1ccc(C2CCC23CCC3)cc1. The zero-order valence-electron chi connectivity index (χ0n) is 9.19. The lowest BCUT2D eigenvalue weighted by Crippen LogP contribution is -2.43. The molecule has 2 aliphatic rings. The Balaban J connectivity index is 1.82. The van der Waals surface area contributed by atoms with Crippen molar-refractivity contribution in [2.24, 2.45) is 5.41 Å². The van der Waals surface area contributed by atoms with Crippen LogP contribution in [0.4, 0.5) is 5.69 Å². The Hall–Kier alpha value is -1.38. The predicted octanol–water partition coefficient (Wildman–Crippen LogP) is 3.64. The summed E-state index contributed by atoms with van der Waals surface area (Å²) in [6.07, 6.45) is 6.69. The van der Waals surface area contributed by atoms with E-state index >= 15 is 0 Å². The molecule has 1 atom stereocenters. The maximum atomic E-state index is 10.6. The highest BCUT2D eigenvalue weighted by molar-refractivity contribution is 5.36. The van der Waals surface area contributed by atoms with E-state index in [0.717, 1.165) is 0 Å². The molecule has 84 valence electrons. The zero-order chi connectivity index (χ0) is 11.2. The summed E-state index contributed by atoms with van der Waals surface area (Å²) in [4.78, 5) is 10.2. The molecule has 1 aromatic rings. The number of hydrogen-bond donors (Lipinski definition) is 0. The van der Waals surface area contributed by atoms with Crippen LogP contribution in [0.2, 0.25) is 0 Å². The van der Waals surface area contributed by atoms with Crippen LogP contribution >= 0.6 is 0 Å². The van der Waals surface area contributed by atoms with Gasteiger partial charge in [0.15, 0.2) is 0 Å². The van der Waals surface area contributed by atoms with E-state index in [0.29, 0.717) is 11.3 Å². The van der Waals surface area contributed by atoms with Gasteiger partial charge >= 0.3 is 0 Å². The highest BCUT2D eigenvalue weighted by Gasteiger charge is 2.50. The van der Waals surface area contributed by atoms with Gasteiger partial charge in [-0.2, -0.15) is 0 Å². The zero-order valence-corrected chi connectivity index (χ0v) is 9.19. The van der Waals surface area contributed by atoms with Crippen molar-refractivity contribution in [3.8, 4) is 0 Å². The van der Waals surface area contributed by atoms with Crippen LogP contribution in [0.5, 0.6) is 0 Å². The molecule has 0 aliphatic heterocycles. The summed E-state index contributed by atoms with van der Waals surface area (Å²) in [7, 11) is 0. The molecule has 0 bridgehead atoms. The van der Waals surface area contributed by atoms with Gasteiger partial charge in [0.25, 0.3) is 5.69 Å². The fraction of sp³-hybridized carbons (Fsp3) is 0.538. The van der Waals surface area contributed by atoms with Gasteiger partial charge in [0.1, 0.15) is 0 Å². The van der Waals surface area contributed by atoms with Crippen molar-refractivity contribution < 1.29 is 4.92 Å². The molecule has 3 rings (SSSR count). The number of nitro benzene ring substituents is 1. The van der Waals surface area contributed by atoms with Crippen LogP contribution < -0.4 is 0 Å². The Kier molecular flexibility index (Phi) is 2.03. The first kappa shape index (κ1) is 9.82. The highest BCUT2D eigenvalue weighted by Crippen LogP contribution is 2.63. The number of non-ortho nitro benzene ring substituents is 1. The van der Waals surface area contributed by atoms with E-state index in [1.165, 1.54) is 37.7 Å². The lowest BCUT2D eigenvalue weighted by atomic mass is 9.48. The monoisotopic (exact) mass is 217 g/mol. The average molecular weight is 217 g/mol. The third kappa shape index (κ3) is 1.27. The second-order valence-corrected chi connectivity index (χ2v) is 5.16. The molecule has 3 heteroatoms. The van der Waals surface area contributed by atoms with E-state index in [-0.39, 0.29) is 10.6 Å². The molecule has 0 amide bonds. The molecule has 16 heavy (non-hydrogen) atoms. The van der Waals surface area contributed by atoms with Gasteiger partial charge in [-0.25, -0.2) is 0 Å². The van der Waals surface area contributed by atoms with Crippen molar-refractivity contribution in [3.63, 3.8) is 0 Å². The maximum absolute atomic E-state index is 10.6. The second-order valence-electron chi connectivity index (χ2n) is 5.16. The summed E-state index contributed by atoms with van der Waals surface area (Å²) in [6.45, 7) is 0. The molecule has 0 radical (unpaired) electrons. The standard InChI is InChI=1S/C13H15NO2/c15-14(16)11-4-2-10(3-5-11)12-6-9-13(12)7-1-8-13/h2-5,12H,1,6-9H2. The lowest BCUT2D eigenvalue weighted by molar-refractivity contribution is -0.384. The largest absolute Gasteiger partial charge is 0.269 e. The van der Waals surface area contributed by atoms with Crippen LogP contribution in [-0.2, 0) is 0 Å². The molecular formula is C13H15NO2. The summed E-state index contributed by atoms with van der Waals surface area (Å²) in [5.41, 5.74) is 2.08. The van der Waals surface area contributed by atoms with Crippen LogP contribution in [-0.4, -0.2) is 4.92 Å². The molecule has 3 nitrogen and oxygen atoms in total. The summed E-state index contributed by atoms with van der Waals surface area (Å²) < 4.78 is 0. The molecule has 0 saturated heterocycles. The van der Waals surface area contributed by atoms with E-state index < -0.39 is 0 Å². The molecule has 0 heterocycles. The van der Waals surface area contributed by atoms with Crippen molar-refractivity contribution in [2.75, 3.05) is 0 Å². The van der Waals surface area contributed by atoms with E-state index in [9.17, 15) is 10.1 Å². The van der Waals surface area contributed by atoms with Crippen molar-refractivity contribution in [1.29, 1.82) is 0 Å². The van der Waals surface area contributed by atoms with Gasteiger partial charge in [-0.1, -0.05) is 18.6 Å². The summed E-state index contributed by atoms with van der Waals surface area (Å²) >= 11 is 0. The van der Waals surface area contributed by atoms with Crippen molar-refractivity contribution in [2.45, 2.75) is 38.0 Å². The number of nitro groups is 1. The summed E-state index contributed by atoms with van der Waals surface area (Å²) in [5.74, 6) is 0.669. The van der Waals surface area contributed by atoms with Gasteiger partial charge in [-0.3, -0.25) is 10.1 Å². The van der Waals surface area contributed by atoms with Gasteiger partial charge in [0, 0.05) is 12.1 Å². The summed E-state index contributed by atoms with van der Waals surface area (Å²) in [6, 6.07) is 7.17.